The number of carbonyl (C=O) groups is 4. The highest BCUT2D eigenvalue weighted by Crippen LogP contribution is 2.38. The second kappa shape index (κ2) is 8.41. The summed E-state index contributed by atoms with van der Waals surface area (Å²) < 4.78 is 0. The van der Waals surface area contributed by atoms with Crippen LogP contribution in [0.4, 0.5) is 0 Å². The number of hydrogen-bond donors (Lipinski definition) is 2. The predicted molar refractivity (Wildman–Crippen MR) is 115 cm³/mol. The molecule has 9 heteroatoms. The van der Waals surface area contributed by atoms with Crippen molar-refractivity contribution in [1.29, 1.82) is 0 Å². The first kappa shape index (κ1) is 21.5. The van der Waals surface area contributed by atoms with E-state index in [2.05, 4.69) is 0 Å². The van der Waals surface area contributed by atoms with Crippen molar-refractivity contribution >= 4 is 46.2 Å². The van der Waals surface area contributed by atoms with E-state index in [-0.39, 0.29) is 42.0 Å². The molecule has 2 aliphatic heterocycles. The van der Waals surface area contributed by atoms with Crippen molar-refractivity contribution in [2.75, 3.05) is 31.3 Å². The largest absolute Gasteiger partial charge is 0.396 e. The minimum atomic E-state index is -0.648. The van der Waals surface area contributed by atoms with E-state index in [0.29, 0.717) is 28.7 Å². The molecule has 0 bridgehead atoms. The summed E-state index contributed by atoms with van der Waals surface area (Å²) in [6.45, 7) is 1.66. The van der Waals surface area contributed by atoms with E-state index in [4.69, 9.17) is 5.11 Å². The lowest BCUT2D eigenvalue weighted by atomic mass is 9.85. The molecule has 1 atom stereocenters. The summed E-state index contributed by atoms with van der Waals surface area (Å²) in [5.41, 5.74) is 1.06. The van der Waals surface area contributed by atoms with Crippen LogP contribution in [0.5, 0.6) is 0 Å². The van der Waals surface area contributed by atoms with Gasteiger partial charge in [-0.05, 0) is 30.7 Å². The summed E-state index contributed by atoms with van der Waals surface area (Å²) in [7, 11) is 0. The third-order valence-corrected chi connectivity index (χ3v) is 6.69. The van der Waals surface area contributed by atoms with E-state index in [0.717, 1.165) is 4.90 Å². The van der Waals surface area contributed by atoms with Crippen molar-refractivity contribution in [3.05, 3.63) is 46.5 Å². The number of thioether (sulfide) groups is 1. The summed E-state index contributed by atoms with van der Waals surface area (Å²) >= 11 is 1.44. The number of imide groups is 2. The molecular weight excluding hydrogens is 420 g/mol. The van der Waals surface area contributed by atoms with Gasteiger partial charge in [-0.25, -0.2) is 0 Å². The molecule has 0 fully saturated rings. The zero-order valence-corrected chi connectivity index (χ0v) is 17.8. The van der Waals surface area contributed by atoms with Crippen LogP contribution in [0.15, 0.2) is 24.3 Å². The van der Waals surface area contributed by atoms with Crippen molar-refractivity contribution in [3.63, 3.8) is 0 Å². The summed E-state index contributed by atoms with van der Waals surface area (Å²) in [5, 5.41) is 19.2. The Kier molecular flexibility index (Phi) is 5.83. The molecule has 0 radical (unpaired) electrons. The molecule has 4 rings (SSSR count). The zero-order chi connectivity index (χ0) is 22.3. The number of aliphatic hydroxyl groups is 2. The van der Waals surface area contributed by atoms with Crippen molar-refractivity contribution in [3.8, 4) is 0 Å². The molecule has 2 aromatic carbocycles. The van der Waals surface area contributed by atoms with Crippen LogP contribution in [-0.4, -0.2) is 80.9 Å². The molecule has 2 aliphatic rings. The van der Waals surface area contributed by atoms with Crippen molar-refractivity contribution in [1.82, 2.24) is 9.80 Å². The summed E-state index contributed by atoms with van der Waals surface area (Å²) in [6.07, 6.45) is 0.406. The Morgan fingerprint density at radius 3 is 1.71 bits per heavy atom. The number of rotatable bonds is 8. The Labute approximate surface area is 182 Å². The molecule has 0 spiro atoms. The molecule has 0 aliphatic carbocycles. The lowest BCUT2D eigenvalue weighted by Gasteiger charge is -2.34. The van der Waals surface area contributed by atoms with Gasteiger partial charge in [0.25, 0.3) is 23.6 Å². The summed E-state index contributed by atoms with van der Waals surface area (Å²) in [4.78, 5) is 54.6. The molecule has 2 aromatic rings. The van der Waals surface area contributed by atoms with Crippen LogP contribution in [0, 0.1) is 0 Å². The molecule has 8 nitrogen and oxygen atoms in total. The first-order valence-corrected chi connectivity index (χ1v) is 11.2. The van der Waals surface area contributed by atoms with Crippen LogP contribution in [0.3, 0.4) is 0 Å². The Morgan fingerprint density at radius 1 is 0.806 bits per heavy atom. The van der Waals surface area contributed by atoms with Crippen LogP contribution < -0.4 is 0 Å². The maximum atomic E-state index is 13.1. The molecule has 1 unspecified atom stereocenters. The lowest BCUT2D eigenvalue weighted by Crippen LogP contribution is -2.49. The number of benzene rings is 2. The van der Waals surface area contributed by atoms with E-state index >= 15 is 0 Å². The molecule has 162 valence electrons. The van der Waals surface area contributed by atoms with Gasteiger partial charge in [0.15, 0.2) is 0 Å². The van der Waals surface area contributed by atoms with Crippen molar-refractivity contribution < 1.29 is 29.4 Å². The normalized spacial score (nSPS) is 16.5. The highest BCUT2D eigenvalue weighted by Gasteiger charge is 2.41. The van der Waals surface area contributed by atoms with Gasteiger partial charge in [-0.3, -0.25) is 29.0 Å². The highest BCUT2D eigenvalue weighted by atomic mass is 32.2. The van der Waals surface area contributed by atoms with Gasteiger partial charge in [0, 0.05) is 51.1 Å². The number of nitrogens with zero attached hydrogens (tertiary/aromatic N) is 2. The van der Waals surface area contributed by atoms with E-state index in [9.17, 15) is 24.3 Å². The SMILES string of the molecule is CCC(CO)N1C(=O)c2ccc3c4c(ccc(c24)C1=O)C(=O)N(CCSCCO)C3=O. The number of carbonyl (C=O) groups excluding carboxylic acids is 4. The van der Waals surface area contributed by atoms with Crippen LogP contribution in [0.1, 0.15) is 54.8 Å². The van der Waals surface area contributed by atoms with Crippen molar-refractivity contribution in [2.24, 2.45) is 0 Å². The highest BCUT2D eigenvalue weighted by molar-refractivity contribution is 7.99. The first-order valence-electron chi connectivity index (χ1n) is 10.1. The molecule has 2 N–H and O–H groups in total. The number of amides is 4. The van der Waals surface area contributed by atoms with Gasteiger partial charge in [-0.15, -0.1) is 0 Å². The minimum Gasteiger partial charge on any atom is -0.396 e. The molecule has 0 saturated heterocycles. The molecule has 2 heterocycles. The number of aliphatic hydroxyl groups excluding tert-OH is 2. The molecule has 0 saturated carbocycles. The average molecular weight is 442 g/mol. The second-order valence-corrected chi connectivity index (χ2v) is 8.62. The van der Waals surface area contributed by atoms with Crippen LogP contribution in [0.2, 0.25) is 0 Å². The third-order valence-electron chi connectivity index (χ3n) is 5.75. The lowest BCUT2D eigenvalue weighted by molar-refractivity contribution is 0.0463. The standard InChI is InChI=1S/C22H22N2O6S/c1-2-12(11-26)24-21(29)15-5-3-13-17-14(4-6-16(18(15)17)22(24)30)20(28)23(19(13)27)7-9-31-10-8-25/h3-6,12,25-26H,2,7-11H2,1H3. The molecule has 4 amide bonds. The van der Waals surface area contributed by atoms with E-state index in [1.807, 2.05) is 0 Å². The van der Waals surface area contributed by atoms with E-state index in [1.54, 1.807) is 6.92 Å². The van der Waals surface area contributed by atoms with Crippen LogP contribution >= 0.6 is 11.8 Å². The van der Waals surface area contributed by atoms with Gasteiger partial charge >= 0.3 is 0 Å². The fourth-order valence-corrected chi connectivity index (χ4v) is 4.84. The first-order chi connectivity index (χ1) is 15.0. The fraction of sp³-hybridized carbons (Fsp3) is 0.364. The maximum Gasteiger partial charge on any atom is 0.261 e. The van der Waals surface area contributed by atoms with Gasteiger partial charge in [0.05, 0.1) is 19.3 Å². The Hall–Kier alpha value is -2.75. The quantitative estimate of drug-likeness (QED) is 0.471. The van der Waals surface area contributed by atoms with Gasteiger partial charge in [-0.2, -0.15) is 11.8 Å². The van der Waals surface area contributed by atoms with E-state index in [1.165, 1.54) is 40.9 Å². The van der Waals surface area contributed by atoms with Crippen molar-refractivity contribution in [2.45, 2.75) is 19.4 Å². The Bertz CT molecular complexity index is 1040. The van der Waals surface area contributed by atoms with Gasteiger partial charge in [0.2, 0.25) is 0 Å². The van der Waals surface area contributed by atoms with Crippen LogP contribution in [0.25, 0.3) is 10.8 Å². The monoisotopic (exact) mass is 442 g/mol. The number of hydrogen-bond acceptors (Lipinski definition) is 7. The topological polar surface area (TPSA) is 115 Å². The second-order valence-electron chi connectivity index (χ2n) is 7.39. The predicted octanol–water partition coefficient (Wildman–Crippen LogP) is 1.53. The van der Waals surface area contributed by atoms with Crippen LogP contribution in [-0.2, 0) is 0 Å². The zero-order valence-electron chi connectivity index (χ0n) is 17.0. The average Bonchev–Trinajstić information content (AvgIpc) is 2.78. The van der Waals surface area contributed by atoms with E-state index < -0.39 is 29.7 Å². The Morgan fingerprint density at radius 2 is 1.29 bits per heavy atom. The van der Waals surface area contributed by atoms with Gasteiger partial charge < -0.3 is 10.2 Å². The Balaban J connectivity index is 1.82. The fourth-order valence-electron chi connectivity index (χ4n) is 4.19. The molecule has 31 heavy (non-hydrogen) atoms. The summed E-state index contributed by atoms with van der Waals surface area (Å²) in [6, 6.07) is 5.44. The molecule has 0 aromatic heterocycles. The summed E-state index contributed by atoms with van der Waals surface area (Å²) in [5.74, 6) is -0.986. The third kappa shape index (κ3) is 3.24. The molecular formula is C22H22N2O6S. The van der Waals surface area contributed by atoms with Gasteiger partial charge in [0.1, 0.15) is 0 Å². The maximum absolute atomic E-state index is 13.1. The minimum absolute atomic E-state index is 0.0223. The smallest absolute Gasteiger partial charge is 0.261 e. The van der Waals surface area contributed by atoms with Gasteiger partial charge in [-0.1, -0.05) is 6.92 Å².